The van der Waals surface area contributed by atoms with Gasteiger partial charge in [-0.05, 0) is 99.2 Å². The van der Waals surface area contributed by atoms with Gasteiger partial charge in [-0.2, -0.15) is 8.78 Å². The lowest BCUT2D eigenvalue weighted by Gasteiger charge is -2.34. The second-order valence-corrected chi connectivity index (χ2v) is 9.75. The minimum absolute atomic E-state index is 0.0114. The van der Waals surface area contributed by atoms with Crippen LogP contribution in [0.5, 0.6) is 11.5 Å². The molecule has 0 saturated heterocycles. The zero-order chi connectivity index (χ0) is 21.6. The lowest BCUT2D eigenvalue weighted by molar-refractivity contribution is 0.206. The van der Waals surface area contributed by atoms with E-state index in [-0.39, 0.29) is 11.5 Å². The molecule has 2 nitrogen and oxygen atoms in total. The van der Waals surface area contributed by atoms with Gasteiger partial charge in [0.05, 0.1) is 6.61 Å². The van der Waals surface area contributed by atoms with E-state index >= 15 is 0 Å². The Balaban J connectivity index is 1.25. The zero-order valence-corrected chi connectivity index (χ0v) is 18.6. The molecule has 1 aromatic rings. The second-order valence-electron chi connectivity index (χ2n) is 9.75. The van der Waals surface area contributed by atoms with Crippen LogP contribution in [-0.2, 0) is 0 Å². The lowest BCUT2D eigenvalue weighted by Crippen LogP contribution is -2.23. The van der Waals surface area contributed by atoms with E-state index in [4.69, 9.17) is 9.47 Å². The molecule has 4 rings (SSSR count). The zero-order valence-electron chi connectivity index (χ0n) is 18.6. The van der Waals surface area contributed by atoms with Crippen molar-refractivity contribution in [1.29, 1.82) is 0 Å². The first-order valence-corrected chi connectivity index (χ1v) is 12.2. The van der Waals surface area contributed by atoms with Crippen molar-refractivity contribution in [3.63, 3.8) is 0 Å². The summed E-state index contributed by atoms with van der Waals surface area (Å²) in [5.41, 5.74) is 1.19. The lowest BCUT2D eigenvalue weighted by atomic mass is 9.71. The topological polar surface area (TPSA) is 18.5 Å². The summed E-state index contributed by atoms with van der Waals surface area (Å²) < 4.78 is 40.1. The van der Waals surface area contributed by atoms with Gasteiger partial charge >= 0.3 is 0 Å². The average molecular weight is 431 g/mol. The highest BCUT2D eigenvalue weighted by atomic mass is 19.2. The van der Waals surface area contributed by atoms with Crippen LogP contribution in [-0.4, -0.2) is 13.2 Å². The van der Waals surface area contributed by atoms with Crippen LogP contribution in [0.1, 0.15) is 70.6 Å². The van der Waals surface area contributed by atoms with Gasteiger partial charge in [0.15, 0.2) is 11.5 Å². The fourth-order valence-corrected chi connectivity index (χ4v) is 5.61. The van der Waals surface area contributed by atoms with Gasteiger partial charge in [0, 0.05) is 0 Å². The van der Waals surface area contributed by atoms with Crippen molar-refractivity contribution in [2.45, 2.75) is 70.6 Å². The summed E-state index contributed by atoms with van der Waals surface area (Å²) in [4.78, 5) is 0. The Hall–Kier alpha value is -1.84. The Morgan fingerprint density at radius 3 is 2.16 bits per heavy atom. The largest absolute Gasteiger partial charge is 0.490 e. The third kappa shape index (κ3) is 5.70. The molecule has 4 heteroatoms. The summed E-state index contributed by atoms with van der Waals surface area (Å²) in [5.74, 6) is 0.796. The van der Waals surface area contributed by atoms with Crippen LogP contribution >= 0.6 is 0 Å². The first kappa shape index (κ1) is 22.4. The van der Waals surface area contributed by atoms with Crippen LogP contribution < -0.4 is 9.47 Å². The number of halogens is 2. The molecule has 0 aliphatic heterocycles. The molecule has 3 aliphatic carbocycles. The van der Waals surface area contributed by atoms with Crippen molar-refractivity contribution < 1.29 is 18.3 Å². The summed E-state index contributed by atoms with van der Waals surface area (Å²) in [6, 6.07) is 2.99. The summed E-state index contributed by atoms with van der Waals surface area (Å²) in [5, 5.41) is 0. The summed E-state index contributed by atoms with van der Waals surface area (Å²) >= 11 is 0. The number of allylic oxidation sites excluding steroid dienone is 2. The normalized spacial score (nSPS) is 27.0. The molecule has 0 spiro atoms. The summed E-state index contributed by atoms with van der Waals surface area (Å²) in [6.45, 7) is 4.72. The molecule has 0 bridgehead atoms. The maximum Gasteiger partial charge on any atom is 0.204 e. The van der Waals surface area contributed by atoms with Gasteiger partial charge in [-0.15, -0.1) is 6.58 Å². The summed E-state index contributed by atoms with van der Waals surface area (Å²) in [6.07, 6.45) is 17.4. The highest BCUT2D eigenvalue weighted by Crippen LogP contribution is 2.40. The molecule has 0 heterocycles. The van der Waals surface area contributed by atoms with Gasteiger partial charge in [-0.3, -0.25) is 0 Å². The highest BCUT2D eigenvalue weighted by molar-refractivity contribution is 5.35. The Bertz CT molecular complexity index is 774. The number of ether oxygens (including phenoxy) is 2. The minimum atomic E-state index is -0.947. The van der Waals surface area contributed by atoms with Gasteiger partial charge in [0.1, 0.15) is 6.61 Å². The molecule has 1 atom stereocenters. The monoisotopic (exact) mass is 430 g/mol. The first-order chi connectivity index (χ1) is 15.1. The smallest absolute Gasteiger partial charge is 0.204 e. The maximum absolute atomic E-state index is 14.5. The van der Waals surface area contributed by atoms with E-state index in [1.165, 1.54) is 62.7 Å². The van der Waals surface area contributed by atoms with Crippen molar-refractivity contribution in [2.24, 2.45) is 23.7 Å². The Morgan fingerprint density at radius 1 is 0.871 bits per heavy atom. The molecule has 0 radical (unpaired) electrons. The van der Waals surface area contributed by atoms with E-state index in [0.29, 0.717) is 25.0 Å². The Kier molecular flexibility index (Phi) is 7.68. The van der Waals surface area contributed by atoms with Gasteiger partial charge in [0.2, 0.25) is 11.6 Å². The van der Waals surface area contributed by atoms with Crippen molar-refractivity contribution in [3.8, 4) is 11.5 Å². The number of hydrogen-bond donors (Lipinski definition) is 0. The third-order valence-electron chi connectivity index (χ3n) is 7.74. The number of rotatable bonds is 8. The standard InChI is InChI=1S/C27H36F2O2/c1-2-19-7-11-22(12-8-19)23-13-9-21(10-14-23)18-31-25-16-15-24(26(28)27(25)29)30-17-20-5-3-4-6-20/h2,9,15-16,19-20,22-23H,1,3-8,10-14,17-18H2. The maximum atomic E-state index is 14.5. The Labute approximate surface area is 185 Å². The molecule has 3 aliphatic rings. The molecule has 31 heavy (non-hydrogen) atoms. The SMILES string of the molecule is C=CC1CCC(C2CC=C(COc3ccc(OCC4CCCC4)c(F)c3F)CC2)CC1. The molecule has 2 saturated carbocycles. The second kappa shape index (κ2) is 10.7. The van der Waals surface area contributed by atoms with Gasteiger partial charge < -0.3 is 9.47 Å². The van der Waals surface area contributed by atoms with Crippen LogP contribution in [0.4, 0.5) is 8.78 Å². The molecular weight excluding hydrogens is 394 g/mol. The fraction of sp³-hybridized carbons (Fsp3) is 0.630. The van der Waals surface area contributed by atoms with Gasteiger partial charge in [0.25, 0.3) is 0 Å². The van der Waals surface area contributed by atoms with Crippen LogP contribution in [0.2, 0.25) is 0 Å². The van der Waals surface area contributed by atoms with Crippen LogP contribution in [0, 0.1) is 35.3 Å². The van der Waals surface area contributed by atoms with Gasteiger partial charge in [-0.25, -0.2) is 0 Å². The van der Waals surface area contributed by atoms with E-state index in [2.05, 4.69) is 18.7 Å². The number of benzene rings is 1. The average Bonchev–Trinajstić information content (AvgIpc) is 3.33. The highest BCUT2D eigenvalue weighted by Gasteiger charge is 2.28. The molecule has 2 fully saturated rings. The van der Waals surface area contributed by atoms with Crippen LogP contribution in [0.15, 0.2) is 36.4 Å². The predicted octanol–water partition coefficient (Wildman–Crippen LogP) is 7.63. The molecular formula is C27H36F2O2. The van der Waals surface area contributed by atoms with Crippen molar-refractivity contribution >= 4 is 0 Å². The fourth-order valence-electron chi connectivity index (χ4n) is 5.61. The molecule has 0 aromatic heterocycles. The van der Waals surface area contributed by atoms with E-state index in [9.17, 15) is 8.78 Å². The minimum Gasteiger partial charge on any atom is -0.490 e. The Morgan fingerprint density at radius 2 is 1.55 bits per heavy atom. The quantitative estimate of drug-likeness (QED) is 0.395. The van der Waals surface area contributed by atoms with E-state index < -0.39 is 11.6 Å². The third-order valence-corrected chi connectivity index (χ3v) is 7.74. The molecule has 1 unspecified atom stereocenters. The number of hydrogen-bond acceptors (Lipinski definition) is 2. The van der Waals surface area contributed by atoms with E-state index in [1.54, 1.807) is 0 Å². The van der Waals surface area contributed by atoms with E-state index in [1.807, 2.05) is 0 Å². The van der Waals surface area contributed by atoms with Crippen molar-refractivity contribution in [2.75, 3.05) is 13.2 Å². The van der Waals surface area contributed by atoms with Crippen molar-refractivity contribution in [1.82, 2.24) is 0 Å². The molecule has 0 amide bonds. The van der Waals surface area contributed by atoms with Crippen LogP contribution in [0.3, 0.4) is 0 Å². The first-order valence-electron chi connectivity index (χ1n) is 12.2. The summed E-state index contributed by atoms with van der Waals surface area (Å²) in [7, 11) is 0. The van der Waals surface area contributed by atoms with Gasteiger partial charge in [-0.1, -0.05) is 25.0 Å². The predicted molar refractivity (Wildman–Crippen MR) is 120 cm³/mol. The van der Waals surface area contributed by atoms with Crippen molar-refractivity contribution in [3.05, 3.63) is 48.1 Å². The van der Waals surface area contributed by atoms with E-state index in [0.717, 1.165) is 37.5 Å². The molecule has 170 valence electrons. The van der Waals surface area contributed by atoms with Crippen LogP contribution in [0.25, 0.3) is 0 Å². The molecule has 1 aromatic carbocycles. The molecule has 0 N–H and O–H groups in total.